The molecule has 0 aliphatic heterocycles. The molecule has 0 atom stereocenters. The molecule has 0 radical (unpaired) electrons. The normalized spacial score (nSPS) is 11.5. The summed E-state index contributed by atoms with van der Waals surface area (Å²) in [4.78, 5) is 16.6. The molecule has 1 N–H and O–H groups in total. The largest absolute Gasteiger partial charge is 0.439 e. The predicted molar refractivity (Wildman–Crippen MR) is 101 cm³/mol. The van der Waals surface area contributed by atoms with E-state index in [1.165, 1.54) is 18.5 Å². The van der Waals surface area contributed by atoms with E-state index in [2.05, 4.69) is 20.5 Å². The molecule has 0 bridgehead atoms. The molecule has 7 nitrogen and oxygen atoms in total. The molecule has 0 unspecified atom stereocenters. The quantitative estimate of drug-likeness (QED) is 0.533. The first-order valence-corrected chi connectivity index (χ1v) is 8.74. The van der Waals surface area contributed by atoms with Gasteiger partial charge in [-0.05, 0) is 37.3 Å². The molecule has 152 valence electrons. The number of hydrogen-bond donors (Lipinski definition) is 1. The van der Waals surface area contributed by atoms with E-state index in [1.807, 2.05) is 19.1 Å². The van der Waals surface area contributed by atoms with Gasteiger partial charge in [0.15, 0.2) is 5.65 Å². The van der Waals surface area contributed by atoms with Crippen LogP contribution in [0.2, 0.25) is 0 Å². The van der Waals surface area contributed by atoms with Gasteiger partial charge >= 0.3 is 6.18 Å². The zero-order chi connectivity index (χ0) is 21.3. The van der Waals surface area contributed by atoms with Crippen LogP contribution in [0.4, 0.5) is 18.9 Å². The summed E-state index contributed by atoms with van der Waals surface area (Å²) in [6.45, 7) is 1.96. The fourth-order valence-electron chi connectivity index (χ4n) is 2.72. The number of rotatable bonds is 4. The van der Waals surface area contributed by atoms with Crippen molar-refractivity contribution in [1.29, 1.82) is 0 Å². The summed E-state index contributed by atoms with van der Waals surface area (Å²) in [6.07, 6.45) is -1.96. The number of nitrogens with zero attached hydrogens (tertiary/aromatic N) is 4. The Hall–Kier alpha value is -3.95. The fourth-order valence-corrected chi connectivity index (χ4v) is 2.72. The molecule has 3 heterocycles. The molecule has 4 rings (SSSR count). The maximum atomic E-state index is 13.1. The second-order valence-electron chi connectivity index (χ2n) is 6.39. The van der Waals surface area contributed by atoms with E-state index in [9.17, 15) is 18.0 Å². The summed E-state index contributed by atoms with van der Waals surface area (Å²) < 4.78 is 45.9. The molecular weight excluding hydrogens is 399 g/mol. The van der Waals surface area contributed by atoms with Crippen molar-refractivity contribution in [2.45, 2.75) is 13.1 Å². The SMILES string of the molecule is Cc1ccc(Oc2ccc(NC(=O)c3nnc4c(C(F)(F)F)cccn34)cn2)cc1. The molecule has 0 spiro atoms. The molecule has 10 heteroatoms. The highest BCUT2D eigenvalue weighted by Crippen LogP contribution is 2.31. The Balaban J connectivity index is 1.51. The summed E-state index contributed by atoms with van der Waals surface area (Å²) in [6, 6.07) is 12.6. The lowest BCUT2D eigenvalue weighted by molar-refractivity contribution is -0.136. The number of pyridine rings is 2. The minimum absolute atomic E-state index is 0.281. The number of amides is 1. The molecule has 0 aliphatic carbocycles. The third kappa shape index (κ3) is 3.93. The van der Waals surface area contributed by atoms with Gasteiger partial charge in [-0.2, -0.15) is 13.2 Å². The number of hydrogen-bond acceptors (Lipinski definition) is 5. The average Bonchev–Trinajstić information content (AvgIpc) is 3.14. The molecule has 1 amide bonds. The Morgan fingerprint density at radius 3 is 2.50 bits per heavy atom. The van der Waals surface area contributed by atoms with Crippen molar-refractivity contribution < 1.29 is 22.7 Å². The van der Waals surface area contributed by atoms with Gasteiger partial charge in [0.1, 0.15) is 11.3 Å². The molecule has 3 aromatic heterocycles. The molecule has 1 aromatic carbocycles. The van der Waals surface area contributed by atoms with Gasteiger partial charge in [0.2, 0.25) is 11.7 Å². The smallest absolute Gasteiger partial charge is 0.420 e. The predicted octanol–water partition coefficient (Wildman–Crippen LogP) is 4.50. The number of alkyl halides is 3. The highest BCUT2D eigenvalue weighted by Gasteiger charge is 2.34. The summed E-state index contributed by atoms with van der Waals surface area (Å²) in [5.41, 5.74) is -0.0114. The summed E-state index contributed by atoms with van der Waals surface area (Å²) in [5.74, 6) is -0.0770. The average molecular weight is 413 g/mol. The monoisotopic (exact) mass is 413 g/mol. The number of fused-ring (bicyclic) bond motifs is 1. The standard InChI is InChI=1S/C20H14F3N5O2/c1-12-4-7-14(8-5-12)30-16-9-6-13(11-24-16)25-19(29)18-27-26-17-15(20(21,22)23)3-2-10-28(17)18/h2-11H,1H3,(H,25,29). The minimum Gasteiger partial charge on any atom is -0.439 e. The van der Waals surface area contributed by atoms with E-state index in [0.29, 0.717) is 17.3 Å². The van der Waals surface area contributed by atoms with Crippen molar-refractivity contribution in [2.75, 3.05) is 5.32 Å². The van der Waals surface area contributed by atoms with Gasteiger partial charge in [-0.1, -0.05) is 17.7 Å². The number of halogens is 3. The van der Waals surface area contributed by atoms with E-state index < -0.39 is 23.3 Å². The Labute approximate surface area is 168 Å². The first kappa shape index (κ1) is 19.4. The summed E-state index contributed by atoms with van der Waals surface area (Å²) in [7, 11) is 0. The van der Waals surface area contributed by atoms with Crippen molar-refractivity contribution in [3.05, 3.63) is 77.9 Å². The Kier molecular flexibility index (Phi) is 4.82. The van der Waals surface area contributed by atoms with Crippen LogP contribution in [-0.4, -0.2) is 25.5 Å². The molecular formula is C20H14F3N5O2. The molecule has 0 aliphatic rings. The Morgan fingerprint density at radius 1 is 1.07 bits per heavy atom. The van der Waals surface area contributed by atoms with Crippen molar-refractivity contribution in [3.8, 4) is 11.6 Å². The van der Waals surface area contributed by atoms with Gasteiger partial charge in [0, 0.05) is 12.3 Å². The maximum Gasteiger partial charge on any atom is 0.420 e. The van der Waals surface area contributed by atoms with Crippen molar-refractivity contribution in [2.24, 2.45) is 0 Å². The van der Waals surface area contributed by atoms with Crippen molar-refractivity contribution in [3.63, 3.8) is 0 Å². The van der Waals surface area contributed by atoms with Gasteiger partial charge in [-0.3, -0.25) is 9.20 Å². The van der Waals surface area contributed by atoms with Crippen LogP contribution >= 0.6 is 0 Å². The molecule has 30 heavy (non-hydrogen) atoms. The summed E-state index contributed by atoms with van der Waals surface area (Å²) >= 11 is 0. The Bertz CT molecular complexity index is 1200. The third-order valence-electron chi connectivity index (χ3n) is 4.18. The zero-order valence-corrected chi connectivity index (χ0v) is 15.5. The number of aromatic nitrogens is 4. The van der Waals surface area contributed by atoms with Crippen LogP contribution in [0.15, 0.2) is 60.9 Å². The minimum atomic E-state index is -4.61. The van der Waals surface area contributed by atoms with E-state index in [1.54, 1.807) is 24.3 Å². The van der Waals surface area contributed by atoms with Gasteiger partial charge in [-0.25, -0.2) is 4.98 Å². The van der Waals surface area contributed by atoms with E-state index in [4.69, 9.17) is 4.74 Å². The van der Waals surface area contributed by atoms with Crippen LogP contribution in [0.1, 0.15) is 21.7 Å². The number of nitrogens with one attached hydrogen (secondary N) is 1. The molecule has 0 saturated carbocycles. The number of ether oxygens (including phenoxy) is 1. The molecule has 0 fully saturated rings. The number of anilines is 1. The van der Waals surface area contributed by atoms with Gasteiger partial charge in [0.05, 0.1) is 11.9 Å². The van der Waals surface area contributed by atoms with E-state index in [0.717, 1.165) is 16.0 Å². The second-order valence-corrected chi connectivity index (χ2v) is 6.39. The van der Waals surface area contributed by atoms with Crippen LogP contribution in [0, 0.1) is 6.92 Å². The lowest BCUT2D eigenvalue weighted by atomic mass is 10.2. The second kappa shape index (κ2) is 7.47. The third-order valence-corrected chi connectivity index (χ3v) is 4.18. The van der Waals surface area contributed by atoms with Gasteiger partial charge < -0.3 is 10.1 Å². The molecule has 0 saturated heterocycles. The van der Waals surface area contributed by atoms with Gasteiger partial charge in [0.25, 0.3) is 5.91 Å². The maximum absolute atomic E-state index is 13.1. The van der Waals surface area contributed by atoms with E-state index >= 15 is 0 Å². The fraction of sp³-hybridized carbons (Fsp3) is 0.100. The van der Waals surface area contributed by atoms with Crippen molar-refractivity contribution >= 4 is 17.2 Å². The van der Waals surface area contributed by atoms with Crippen molar-refractivity contribution in [1.82, 2.24) is 19.6 Å². The topological polar surface area (TPSA) is 81.4 Å². The number of aryl methyl sites for hydroxylation is 1. The summed E-state index contributed by atoms with van der Waals surface area (Å²) in [5, 5.41) is 9.64. The first-order valence-electron chi connectivity index (χ1n) is 8.74. The number of benzene rings is 1. The highest BCUT2D eigenvalue weighted by atomic mass is 19.4. The van der Waals surface area contributed by atoms with Gasteiger partial charge in [-0.15, -0.1) is 10.2 Å². The Morgan fingerprint density at radius 2 is 1.83 bits per heavy atom. The van der Waals surface area contributed by atoms with E-state index in [-0.39, 0.29) is 5.82 Å². The highest BCUT2D eigenvalue weighted by molar-refractivity contribution is 6.02. The lowest BCUT2D eigenvalue weighted by Crippen LogP contribution is -2.16. The number of carbonyl (C=O) groups is 1. The lowest BCUT2D eigenvalue weighted by Gasteiger charge is -2.08. The van der Waals surface area contributed by atoms with Crippen LogP contribution in [0.25, 0.3) is 5.65 Å². The van der Waals surface area contributed by atoms with Crippen LogP contribution in [0.3, 0.4) is 0 Å². The molecule has 4 aromatic rings. The van der Waals surface area contributed by atoms with Crippen LogP contribution in [-0.2, 0) is 6.18 Å². The van der Waals surface area contributed by atoms with Crippen LogP contribution < -0.4 is 10.1 Å². The van der Waals surface area contributed by atoms with Crippen LogP contribution in [0.5, 0.6) is 11.6 Å². The zero-order valence-electron chi connectivity index (χ0n) is 15.5. The first-order chi connectivity index (χ1) is 14.3. The number of carbonyl (C=O) groups excluding carboxylic acids is 1.